The molecule has 14 heavy (non-hydrogen) atoms. The summed E-state index contributed by atoms with van der Waals surface area (Å²) in [6.45, 7) is 2.02. The molecule has 0 bridgehead atoms. The first kappa shape index (κ1) is 8.94. The summed E-state index contributed by atoms with van der Waals surface area (Å²) in [6, 6.07) is 5.80. The SMILES string of the molecule is CC(CC=O)c1cccc2oncc12. The maximum atomic E-state index is 10.4. The van der Waals surface area contributed by atoms with Crippen LogP contribution in [0.1, 0.15) is 24.8 Å². The smallest absolute Gasteiger partial charge is 0.167 e. The molecule has 0 aliphatic rings. The molecule has 2 aromatic rings. The van der Waals surface area contributed by atoms with Crippen LogP contribution in [-0.2, 0) is 4.79 Å². The van der Waals surface area contributed by atoms with Crippen molar-refractivity contribution in [2.75, 3.05) is 0 Å². The van der Waals surface area contributed by atoms with Crippen molar-refractivity contribution in [2.24, 2.45) is 0 Å². The molecule has 3 heteroatoms. The molecule has 1 aromatic carbocycles. The Morgan fingerprint density at radius 1 is 1.57 bits per heavy atom. The van der Waals surface area contributed by atoms with Crippen molar-refractivity contribution < 1.29 is 9.32 Å². The first-order valence-corrected chi connectivity index (χ1v) is 4.60. The van der Waals surface area contributed by atoms with E-state index in [4.69, 9.17) is 4.52 Å². The van der Waals surface area contributed by atoms with Crippen LogP contribution < -0.4 is 0 Å². The molecule has 1 unspecified atom stereocenters. The third-order valence-corrected chi connectivity index (χ3v) is 2.41. The van der Waals surface area contributed by atoms with E-state index in [1.165, 1.54) is 0 Å². The molecule has 0 saturated heterocycles. The molecule has 0 aliphatic carbocycles. The zero-order valence-electron chi connectivity index (χ0n) is 7.93. The van der Waals surface area contributed by atoms with Crippen LogP contribution in [0.4, 0.5) is 0 Å². The van der Waals surface area contributed by atoms with Gasteiger partial charge in [-0.3, -0.25) is 0 Å². The summed E-state index contributed by atoms with van der Waals surface area (Å²) in [7, 11) is 0. The van der Waals surface area contributed by atoms with Gasteiger partial charge in [0.25, 0.3) is 0 Å². The Labute approximate surface area is 81.7 Å². The fraction of sp³-hybridized carbons (Fsp3) is 0.273. The number of nitrogens with zero attached hydrogens (tertiary/aromatic N) is 1. The van der Waals surface area contributed by atoms with Gasteiger partial charge in [0, 0.05) is 11.8 Å². The third-order valence-electron chi connectivity index (χ3n) is 2.41. The van der Waals surface area contributed by atoms with E-state index in [0.29, 0.717) is 6.42 Å². The highest BCUT2D eigenvalue weighted by molar-refractivity contribution is 5.80. The van der Waals surface area contributed by atoms with E-state index in [1.54, 1.807) is 6.20 Å². The summed E-state index contributed by atoms with van der Waals surface area (Å²) in [5.74, 6) is 0.218. The summed E-state index contributed by atoms with van der Waals surface area (Å²) in [5, 5.41) is 4.74. The molecular weight excluding hydrogens is 178 g/mol. The third kappa shape index (κ3) is 1.41. The molecule has 0 fully saturated rings. The lowest BCUT2D eigenvalue weighted by molar-refractivity contribution is -0.108. The van der Waals surface area contributed by atoms with Crippen LogP contribution in [-0.4, -0.2) is 11.4 Å². The molecule has 1 heterocycles. The molecule has 3 nitrogen and oxygen atoms in total. The predicted molar refractivity (Wildman–Crippen MR) is 53.1 cm³/mol. The Hall–Kier alpha value is -1.64. The molecule has 0 aliphatic heterocycles. The maximum absolute atomic E-state index is 10.4. The lowest BCUT2D eigenvalue weighted by Gasteiger charge is -2.07. The zero-order chi connectivity index (χ0) is 9.97. The Bertz CT molecular complexity index is 447. The number of hydrogen-bond donors (Lipinski definition) is 0. The van der Waals surface area contributed by atoms with Gasteiger partial charge in [0.1, 0.15) is 6.29 Å². The van der Waals surface area contributed by atoms with Gasteiger partial charge >= 0.3 is 0 Å². The second-order valence-corrected chi connectivity index (χ2v) is 3.39. The number of benzene rings is 1. The van der Waals surface area contributed by atoms with Crippen molar-refractivity contribution in [3.8, 4) is 0 Å². The normalized spacial score (nSPS) is 12.9. The maximum Gasteiger partial charge on any atom is 0.167 e. The van der Waals surface area contributed by atoms with Crippen LogP contribution in [0.5, 0.6) is 0 Å². The molecule has 0 radical (unpaired) electrons. The molecule has 0 amide bonds. The van der Waals surface area contributed by atoms with Gasteiger partial charge in [-0.2, -0.15) is 0 Å². The molecule has 72 valence electrons. The van der Waals surface area contributed by atoms with Crippen LogP contribution in [0, 0.1) is 0 Å². The van der Waals surface area contributed by atoms with Crippen LogP contribution in [0.3, 0.4) is 0 Å². The van der Waals surface area contributed by atoms with Gasteiger partial charge in [0.15, 0.2) is 5.58 Å². The number of carbonyl (C=O) groups is 1. The minimum Gasteiger partial charge on any atom is -0.356 e. The minimum atomic E-state index is 0.218. The molecule has 2 rings (SSSR count). The quantitative estimate of drug-likeness (QED) is 0.697. The van der Waals surface area contributed by atoms with Crippen LogP contribution in [0.15, 0.2) is 28.9 Å². The average molecular weight is 189 g/mol. The van der Waals surface area contributed by atoms with E-state index in [2.05, 4.69) is 5.16 Å². The average Bonchev–Trinajstić information content (AvgIpc) is 2.65. The Kier molecular flexibility index (Phi) is 2.31. The second-order valence-electron chi connectivity index (χ2n) is 3.39. The van der Waals surface area contributed by atoms with Crippen LogP contribution >= 0.6 is 0 Å². The summed E-state index contributed by atoms with van der Waals surface area (Å²) < 4.78 is 5.05. The monoisotopic (exact) mass is 189 g/mol. The minimum absolute atomic E-state index is 0.218. The molecule has 0 saturated carbocycles. The van der Waals surface area contributed by atoms with E-state index in [1.807, 2.05) is 25.1 Å². The topological polar surface area (TPSA) is 43.1 Å². The lowest BCUT2D eigenvalue weighted by atomic mass is 9.96. The summed E-state index contributed by atoms with van der Waals surface area (Å²) in [6.07, 6.45) is 3.17. The number of aromatic nitrogens is 1. The standard InChI is InChI=1S/C11H11NO2/c1-8(5-6-13)9-3-2-4-11-10(9)7-12-14-11/h2-4,6-8H,5H2,1H3. The highest BCUT2D eigenvalue weighted by atomic mass is 16.5. The van der Waals surface area contributed by atoms with Gasteiger partial charge in [-0.25, -0.2) is 0 Å². The lowest BCUT2D eigenvalue weighted by Crippen LogP contribution is -1.94. The van der Waals surface area contributed by atoms with Crippen molar-refractivity contribution >= 4 is 17.3 Å². The summed E-state index contributed by atoms with van der Waals surface area (Å²) >= 11 is 0. The molecule has 1 aromatic heterocycles. The van der Waals surface area contributed by atoms with Gasteiger partial charge in [0.2, 0.25) is 0 Å². The highest BCUT2D eigenvalue weighted by Gasteiger charge is 2.10. The van der Waals surface area contributed by atoms with Crippen molar-refractivity contribution in [3.05, 3.63) is 30.0 Å². The van der Waals surface area contributed by atoms with E-state index in [0.717, 1.165) is 22.8 Å². The second kappa shape index (κ2) is 3.62. The fourth-order valence-corrected chi connectivity index (χ4v) is 1.62. The van der Waals surface area contributed by atoms with Crippen molar-refractivity contribution in [1.29, 1.82) is 0 Å². The van der Waals surface area contributed by atoms with E-state index >= 15 is 0 Å². The van der Waals surface area contributed by atoms with Gasteiger partial charge in [0.05, 0.1) is 6.20 Å². The predicted octanol–water partition coefficient (Wildman–Crippen LogP) is 2.52. The van der Waals surface area contributed by atoms with Crippen LogP contribution in [0.2, 0.25) is 0 Å². The molecule has 1 atom stereocenters. The Morgan fingerprint density at radius 2 is 2.43 bits per heavy atom. The first-order chi connectivity index (χ1) is 6.83. The van der Waals surface area contributed by atoms with Gasteiger partial charge < -0.3 is 9.32 Å². The highest BCUT2D eigenvalue weighted by Crippen LogP contribution is 2.26. The van der Waals surface area contributed by atoms with Crippen molar-refractivity contribution in [2.45, 2.75) is 19.3 Å². The molecular formula is C11H11NO2. The number of hydrogen-bond acceptors (Lipinski definition) is 3. The van der Waals surface area contributed by atoms with Crippen molar-refractivity contribution in [3.63, 3.8) is 0 Å². The Morgan fingerprint density at radius 3 is 3.21 bits per heavy atom. The fourth-order valence-electron chi connectivity index (χ4n) is 1.62. The number of rotatable bonds is 3. The number of fused-ring (bicyclic) bond motifs is 1. The summed E-state index contributed by atoms with van der Waals surface area (Å²) in [5.41, 5.74) is 1.90. The largest absolute Gasteiger partial charge is 0.356 e. The Balaban J connectivity index is 2.50. The van der Waals surface area contributed by atoms with Crippen molar-refractivity contribution in [1.82, 2.24) is 5.16 Å². The van der Waals surface area contributed by atoms with E-state index in [9.17, 15) is 4.79 Å². The van der Waals surface area contributed by atoms with E-state index in [-0.39, 0.29) is 5.92 Å². The number of aldehydes is 1. The number of carbonyl (C=O) groups excluding carboxylic acids is 1. The molecule has 0 spiro atoms. The van der Waals surface area contributed by atoms with Gasteiger partial charge in [-0.15, -0.1) is 0 Å². The van der Waals surface area contributed by atoms with Gasteiger partial charge in [-0.1, -0.05) is 24.2 Å². The summed E-state index contributed by atoms with van der Waals surface area (Å²) in [4.78, 5) is 10.4. The van der Waals surface area contributed by atoms with Crippen LogP contribution in [0.25, 0.3) is 11.0 Å². The van der Waals surface area contributed by atoms with Gasteiger partial charge in [-0.05, 0) is 17.5 Å². The zero-order valence-corrected chi connectivity index (χ0v) is 7.93. The molecule has 0 N–H and O–H groups in total. The first-order valence-electron chi connectivity index (χ1n) is 4.60. The van der Waals surface area contributed by atoms with E-state index < -0.39 is 0 Å².